The SMILES string of the molecule is CN1CCCC1C(=O)N1CCC(CN)C1. The zero-order valence-corrected chi connectivity index (χ0v) is 9.48. The van der Waals surface area contributed by atoms with E-state index in [9.17, 15) is 4.79 Å². The highest BCUT2D eigenvalue weighted by atomic mass is 16.2. The van der Waals surface area contributed by atoms with Crippen molar-refractivity contribution >= 4 is 5.91 Å². The molecule has 0 radical (unpaired) electrons. The summed E-state index contributed by atoms with van der Waals surface area (Å²) in [5.74, 6) is 0.853. The molecular formula is C11H21N3O. The second-order valence-corrected chi connectivity index (χ2v) is 4.81. The molecule has 2 unspecified atom stereocenters. The average molecular weight is 211 g/mol. The van der Waals surface area contributed by atoms with Crippen molar-refractivity contribution in [3.05, 3.63) is 0 Å². The number of amides is 1. The zero-order chi connectivity index (χ0) is 10.8. The minimum atomic E-state index is 0.140. The summed E-state index contributed by atoms with van der Waals surface area (Å²) in [5.41, 5.74) is 5.63. The number of likely N-dealkylation sites (N-methyl/N-ethyl adjacent to an activating group) is 1. The Kier molecular flexibility index (Phi) is 3.26. The van der Waals surface area contributed by atoms with E-state index < -0.39 is 0 Å². The normalized spacial score (nSPS) is 32.5. The van der Waals surface area contributed by atoms with Crippen LogP contribution in [0, 0.1) is 5.92 Å². The van der Waals surface area contributed by atoms with Gasteiger partial charge in [-0.2, -0.15) is 0 Å². The number of hydrogen-bond acceptors (Lipinski definition) is 3. The summed E-state index contributed by atoms with van der Waals surface area (Å²) in [6.07, 6.45) is 3.26. The fraction of sp³-hybridized carbons (Fsp3) is 0.909. The minimum Gasteiger partial charge on any atom is -0.341 e. The van der Waals surface area contributed by atoms with Crippen molar-refractivity contribution in [1.29, 1.82) is 0 Å². The molecule has 0 aromatic heterocycles. The van der Waals surface area contributed by atoms with Gasteiger partial charge in [0.1, 0.15) is 0 Å². The summed E-state index contributed by atoms with van der Waals surface area (Å²) in [6, 6.07) is 0.140. The van der Waals surface area contributed by atoms with Crippen molar-refractivity contribution in [2.75, 3.05) is 33.2 Å². The maximum Gasteiger partial charge on any atom is 0.239 e. The van der Waals surface area contributed by atoms with E-state index in [1.54, 1.807) is 0 Å². The highest BCUT2D eigenvalue weighted by Gasteiger charge is 2.34. The molecule has 0 aromatic carbocycles. The highest BCUT2D eigenvalue weighted by Crippen LogP contribution is 2.21. The fourth-order valence-corrected chi connectivity index (χ4v) is 2.66. The van der Waals surface area contributed by atoms with Gasteiger partial charge in [-0.25, -0.2) is 0 Å². The predicted molar refractivity (Wildman–Crippen MR) is 59.4 cm³/mol. The minimum absolute atomic E-state index is 0.140. The van der Waals surface area contributed by atoms with E-state index in [1.807, 2.05) is 11.9 Å². The van der Waals surface area contributed by atoms with Gasteiger partial charge in [0, 0.05) is 13.1 Å². The van der Waals surface area contributed by atoms with Gasteiger partial charge in [0.25, 0.3) is 0 Å². The largest absolute Gasteiger partial charge is 0.341 e. The van der Waals surface area contributed by atoms with Gasteiger partial charge in [-0.1, -0.05) is 0 Å². The van der Waals surface area contributed by atoms with E-state index in [-0.39, 0.29) is 6.04 Å². The number of hydrogen-bond donors (Lipinski definition) is 1. The van der Waals surface area contributed by atoms with Crippen molar-refractivity contribution in [2.45, 2.75) is 25.3 Å². The molecule has 2 aliphatic rings. The fourth-order valence-electron chi connectivity index (χ4n) is 2.66. The topological polar surface area (TPSA) is 49.6 Å². The zero-order valence-electron chi connectivity index (χ0n) is 9.48. The van der Waals surface area contributed by atoms with Gasteiger partial charge in [0.2, 0.25) is 5.91 Å². The molecule has 2 rings (SSSR count). The summed E-state index contributed by atoms with van der Waals surface area (Å²) in [6.45, 7) is 3.56. The molecule has 4 nitrogen and oxygen atoms in total. The first-order valence-corrected chi connectivity index (χ1v) is 5.91. The molecule has 2 aliphatic heterocycles. The van der Waals surface area contributed by atoms with Crippen molar-refractivity contribution < 1.29 is 4.79 Å². The first-order valence-electron chi connectivity index (χ1n) is 5.91. The Bertz CT molecular complexity index is 244. The molecule has 0 saturated carbocycles. The van der Waals surface area contributed by atoms with E-state index >= 15 is 0 Å². The van der Waals surface area contributed by atoms with Gasteiger partial charge < -0.3 is 10.6 Å². The van der Waals surface area contributed by atoms with E-state index in [0.29, 0.717) is 18.4 Å². The molecule has 0 bridgehead atoms. The second-order valence-electron chi connectivity index (χ2n) is 4.81. The number of carbonyl (C=O) groups is 1. The van der Waals surface area contributed by atoms with Crippen LogP contribution >= 0.6 is 0 Å². The van der Waals surface area contributed by atoms with Crippen molar-refractivity contribution in [3.63, 3.8) is 0 Å². The van der Waals surface area contributed by atoms with Gasteiger partial charge in [0.05, 0.1) is 6.04 Å². The number of nitrogens with two attached hydrogens (primary N) is 1. The average Bonchev–Trinajstić information content (AvgIpc) is 2.84. The van der Waals surface area contributed by atoms with Crippen molar-refractivity contribution in [3.8, 4) is 0 Å². The van der Waals surface area contributed by atoms with Crippen LogP contribution in [0.25, 0.3) is 0 Å². The standard InChI is InChI=1S/C11H21N3O/c1-13-5-2-3-10(13)11(15)14-6-4-9(7-12)8-14/h9-10H,2-8,12H2,1H3. The van der Waals surface area contributed by atoms with Crippen LogP contribution in [0.15, 0.2) is 0 Å². The third kappa shape index (κ3) is 2.16. The van der Waals surface area contributed by atoms with Crippen LogP contribution < -0.4 is 5.73 Å². The maximum atomic E-state index is 12.2. The number of rotatable bonds is 2. The first-order chi connectivity index (χ1) is 7.22. The molecule has 2 N–H and O–H groups in total. The molecule has 4 heteroatoms. The van der Waals surface area contributed by atoms with Crippen LogP contribution in [0.5, 0.6) is 0 Å². The number of carbonyl (C=O) groups excluding carboxylic acids is 1. The summed E-state index contributed by atoms with van der Waals surface area (Å²) in [5, 5.41) is 0. The Hall–Kier alpha value is -0.610. The van der Waals surface area contributed by atoms with E-state index in [2.05, 4.69) is 4.90 Å². The Morgan fingerprint density at radius 3 is 2.73 bits per heavy atom. The summed E-state index contributed by atoms with van der Waals surface area (Å²) in [4.78, 5) is 16.3. The van der Waals surface area contributed by atoms with E-state index in [4.69, 9.17) is 5.73 Å². The Labute approximate surface area is 91.4 Å². The van der Waals surface area contributed by atoms with E-state index in [0.717, 1.165) is 38.9 Å². The lowest BCUT2D eigenvalue weighted by Gasteiger charge is -2.24. The molecule has 0 aromatic rings. The van der Waals surface area contributed by atoms with Gasteiger partial charge in [0.15, 0.2) is 0 Å². The Morgan fingerprint density at radius 2 is 2.20 bits per heavy atom. The summed E-state index contributed by atoms with van der Waals surface area (Å²) < 4.78 is 0. The summed E-state index contributed by atoms with van der Waals surface area (Å²) >= 11 is 0. The lowest BCUT2D eigenvalue weighted by molar-refractivity contribution is -0.134. The van der Waals surface area contributed by atoms with Crippen LogP contribution in [-0.4, -0.2) is 55.0 Å². The lowest BCUT2D eigenvalue weighted by atomic mass is 10.1. The molecular weight excluding hydrogens is 190 g/mol. The maximum absolute atomic E-state index is 12.2. The first kappa shape index (κ1) is 10.9. The van der Waals surface area contributed by atoms with Gasteiger partial charge in [-0.3, -0.25) is 9.69 Å². The van der Waals surface area contributed by atoms with Crippen LogP contribution in [0.1, 0.15) is 19.3 Å². The number of nitrogens with zero attached hydrogens (tertiary/aromatic N) is 2. The Balaban J connectivity index is 1.91. The smallest absolute Gasteiger partial charge is 0.239 e. The molecule has 86 valence electrons. The Morgan fingerprint density at radius 1 is 1.40 bits per heavy atom. The van der Waals surface area contributed by atoms with E-state index in [1.165, 1.54) is 0 Å². The van der Waals surface area contributed by atoms with Crippen LogP contribution in [-0.2, 0) is 4.79 Å². The molecule has 2 heterocycles. The molecule has 2 fully saturated rings. The monoisotopic (exact) mass is 211 g/mol. The second kappa shape index (κ2) is 4.49. The lowest BCUT2D eigenvalue weighted by Crippen LogP contribution is -2.43. The molecule has 0 spiro atoms. The van der Waals surface area contributed by atoms with Crippen LogP contribution in [0.2, 0.25) is 0 Å². The van der Waals surface area contributed by atoms with Crippen LogP contribution in [0.3, 0.4) is 0 Å². The quantitative estimate of drug-likeness (QED) is 0.693. The van der Waals surface area contributed by atoms with Crippen molar-refractivity contribution in [1.82, 2.24) is 9.80 Å². The molecule has 2 atom stereocenters. The summed E-state index contributed by atoms with van der Waals surface area (Å²) in [7, 11) is 2.05. The molecule has 0 aliphatic carbocycles. The third-order valence-corrected chi connectivity index (χ3v) is 3.74. The predicted octanol–water partition coefficient (Wildman–Crippen LogP) is -0.112. The van der Waals surface area contributed by atoms with Crippen LogP contribution in [0.4, 0.5) is 0 Å². The van der Waals surface area contributed by atoms with Crippen molar-refractivity contribution in [2.24, 2.45) is 11.7 Å². The van der Waals surface area contributed by atoms with Gasteiger partial charge in [-0.05, 0) is 45.3 Å². The molecule has 2 saturated heterocycles. The molecule has 15 heavy (non-hydrogen) atoms. The highest BCUT2D eigenvalue weighted by molar-refractivity contribution is 5.82. The number of likely N-dealkylation sites (tertiary alicyclic amines) is 2. The molecule has 1 amide bonds. The van der Waals surface area contributed by atoms with Gasteiger partial charge in [-0.15, -0.1) is 0 Å². The van der Waals surface area contributed by atoms with Gasteiger partial charge >= 0.3 is 0 Å². The third-order valence-electron chi connectivity index (χ3n) is 3.74.